The summed E-state index contributed by atoms with van der Waals surface area (Å²) in [6, 6.07) is -5.87. The molecule has 0 aliphatic carbocycles. The first kappa shape index (κ1) is 55.1. The molecule has 1 aromatic rings. The lowest BCUT2D eigenvalue weighted by Crippen LogP contribution is -2.63. The van der Waals surface area contributed by atoms with Crippen molar-refractivity contribution in [2.75, 3.05) is 0 Å². The lowest BCUT2D eigenvalue weighted by atomic mass is 10.0. The van der Waals surface area contributed by atoms with Crippen LogP contribution in [0.25, 0.3) is 0 Å². The number of carboxylic acids is 1. The second kappa shape index (κ2) is 25.9. The van der Waals surface area contributed by atoms with Gasteiger partial charge in [-0.25, -0.2) is 4.79 Å². The fourth-order valence-corrected chi connectivity index (χ4v) is 6.10. The van der Waals surface area contributed by atoms with Crippen molar-refractivity contribution in [3.63, 3.8) is 0 Å². The van der Waals surface area contributed by atoms with Crippen LogP contribution in [0.15, 0.2) is 24.3 Å². The van der Waals surface area contributed by atoms with Crippen molar-refractivity contribution in [2.24, 2.45) is 29.2 Å². The number of carbonyl (C=O) groups excluding carboxylic acids is 8. The fraction of sp³-hybridized carbons (Fsp3) is 0.634. The predicted molar refractivity (Wildman–Crippen MR) is 228 cm³/mol. The van der Waals surface area contributed by atoms with E-state index in [1.54, 1.807) is 13.8 Å². The summed E-state index contributed by atoms with van der Waals surface area (Å²) < 4.78 is 0. The molecule has 0 fully saturated rings. The van der Waals surface area contributed by atoms with Crippen LogP contribution in [-0.2, 0) is 49.6 Å². The van der Waals surface area contributed by atoms with Crippen molar-refractivity contribution in [3.8, 4) is 5.75 Å². The number of nitrogens with two attached hydrogens (primary N) is 2. The van der Waals surface area contributed by atoms with Crippen LogP contribution in [0.4, 0.5) is 0 Å². The van der Waals surface area contributed by atoms with Gasteiger partial charge in [0.25, 0.3) is 0 Å². The van der Waals surface area contributed by atoms with Gasteiger partial charge in [-0.1, -0.05) is 53.7 Å². The number of rotatable bonds is 26. The molecule has 0 aliphatic rings. The van der Waals surface area contributed by atoms with Gasteiger partial charge in [0.15, 0.2) is 0 Å². The smallest absolute Gasteiger partial charge is 0.326 e. The van der Waals surface area contributed by atoms with Crippen LogP contribution in [0, 0.1) is 17.8 Å². The minimum atomic E-state index is -1.79. The first-order chi connectivity index (χ1) is 29.1. The second-order valence-electron chi connectivity index (χ2n) is 16.8. The quantitative estimate of drug-likeness (QED) is 0.0445. The highest BCUT2D eigenvalue weighted by atomic mass is 16.4. The Hall–Kier alpha value is -5.87. The molecular weight excluding hydrogens is 827 g/mol. The largest absolute Gasteiger partial charge is 0.508 e. The minimum absolute atomic E-state index is 0.0332. The Labute approximate surface area is 366 Å². The average molecular weight is 894 g/mol. The third kappa shape index (κ3) is 19.4. The van der Waals surface area contributed by atoms with Crippen LogP contribution < -0.4 is 48.7 Å². The first-order valence-electron chi connectivity index (χ1n) is 20.7. The van der Waals surface area contributed by atoms with E-state index in [4.69, 9.17) is 11.5 Å². The van der Waals surface area contributed by atoms with E-state index < -0.39 is 126 Å². The standard InChI is InChI=1S/C41H67N9O13/c1-18(2)14-26(42)35(56)45-27(16-24-10-12-25(53)13-11-24)36(57)46-28(17-30(43)54)37(58)50-33(23(9)52)40(61)48-31(20(5)6)38(59)44-21(7)34(55)49-32(22(8)51)39(60)47-29(41(62)63)15-19(3)4/h10-13,18-23,26-29,31-33,51-53H,14-17,42H2,1-9H3,(H2,43,54)(H,44,59)(H,45,56)(H,46,57)(H,47,60)(H,48,61)(H,49,55)(H,50,58)(H,62,63)/t21-,22+,23+,26-,27-,28-,29-,31-,32-,33-/m0/s1. The fourth-order valence-electron chi connectivity index (χ4n) is 6.10. The van der Waals surface area contributed by atoms with E-state index in [1.807, 2.05) is 13.8 Å². The third-order valence-electron chi connectivity index (χ3n) is 9.56. The first-order valence-corrected chi connectivity index (χ1v) is 20.7. The van der Waals surface area contributed by atoms with Crippen LogP contribution >= 0.6 is 0 Å². The number of hydrogen-bond acceptors (Lipinski definition) is 13. The number of aliphatic carboxylic acids is 1. The van der Waals surface area contributed by atoms with Crippen LogP contribution in [-0.4, -0.2) is 134 Å². The van der Waals surface area contributed by atoms with Crippen LogP contribution in [0.3, 0.4) is 0 Å². The van der Waals surface area contributed by atoms with Gasteiger partial charge in [0.2, 0.25) is 47.3 Å². The van der Waals surface area contributed by atoms with E-state index in [1.165, 1.54) is 52.0 Å². The molecule has 0 aromatic heterocycles. The molecule has 8 amide bonds. The lowest BCUT2D eigenvalue weighted by Gasteiger charge is -2.29. The highest BCUT2D eigenvalue weighted by molar-refractivity contribution is 5.99. The van der Waals surface area contributed by atoms with Crippen molar-refractivity contribution >= 4 is 53.2 Å². The molecule has 0 saturated heterocycles. The zero-order valence-corrected chi connectivity index (χ0v) is 37.3. The van der Waals surface area contributed by atoms with Gasteiger partial charge in [-0.15, -0.1) is 0 Å². The Morgan fingerprint density at radius 1 is 0.540 bits per heavy atom. The monoisotopic (exact) mass is 893 g/mol. The van der Waals surface area contributed by atoms with Crippen LogP contribution in [0.2, 0.25) is 0 Å². The number of phenolic OH excluding ortho intramolecular Hbond substituents is 1. The maximum absolute atomic E-state index is 13.7. The Balaban J connectivity index is 3.23. The molecule has 63 heavy (non-hydrogen) atoms. The van der Waals surface area contributed by atoms with E-state index in [0.29, 0.717) is 5.56 Å². The molecule has 0 radical (unpaired) electrons. The molecule has 0 saturated carbocycles. The molecule has 0 bridgehead atoms. The van der Waals surface area contributed by atoms with E-state index in [9.17, 15) is 63.6 Å². The third-order valence-corrected chi connectivity index (χ3v) is 9.56. The maximum atomic E-state index is 13.7. The molecule has 0 heterocycles. The summed E-state index contributed by atoms with van der Waals surface area (Å²) in [6.07, 6.45) is -3.69. The number of carboxylic acid groups (broad SMARTS) is 1. The number of benzene rings is 1. The van der Waals surface area contributed by atoms with Gasteiger partial charge in [0.05, 0.1) is 24.7 Å². The number of aliphatic hydroxyl groups is 2. The molecule has 22 heteroatoms. The Kier molecular flexibility index (Phi) is 22.7. The summed E-state index contributed by atoms with van der Waals surface area (Å²) in [4.78, 5) is 117. The minimum Gasteiger partial charge on any atom is -0.508 e. The van der Waals surface area contributed by atoms with Crippen LogP contribution in [0.5, 0.6) is 5.75 Å². The van der Waals surface area contributed by atoms with Gasteiger partial charge in [0.1, 0.15) is 48.0 Å². The molecule has 0 unspecified atom stereocenters. The van der Waals surface area contributed by atoms with Crippen molar-refractivity contribution in [2.45, 2.75) is 149 Å². The van der Waals surface area contributed by atoms with E-state index in [2.05, 4.69) is 37.2 Å². The molecule has 10 atom stereocenters. The predicted octanol–water partition coefficient (Wildman–Crippen LogP) is -2.85. The highest BCUT2D eigenvalue weighted by Crippen LogP contribution is 2.13. The van der Waals surface area contributed by atoms with Gasteiger partial charge in [-0.2, -0.15) is 0 Å². The Morgan fingerprint density at radius 3 is 1.43 bits per heavy atom. The van der Waals surface area contributed by atoms with E-state index >= 15 is 0 Å². The number of carbonyl (C=O) groups is 9. The molecule has 1 aromatic carbocycles. The van der Waals surface area contributed by atoms with Gasteiger partial charge >= 0.3 is 5.97 Å². The van der Waals surface area contributed by atoms with Crippen molar-refractivity contribution in [1.82, 2.24) is 37.2 Å². The van der Waals surface area contributed by atoms with Gasteiger partial charge in [-0.05, 0) is 69.1 Å². The number of phenols is 1. The second-order valence-corrected chi connectivity index (χ2v) is 16.8. The summed E-state index contributed by atoms with van der Waals surface area (Å²) in [5, 5.41) is 56.6. The summed E-state index contributed by atoms with van der Waals surface area (Å²) in [7, 11) is 0. The molecule has 0 aliphatic heterocycles. The zero-order valence-electron chi connectivity index (χ0n) is 37.3. The van der Waals surface area contributed by atoms with Crippen molar-refractivity contribution in [3.05, 3.63) is 29.8 Å². The number of aliphatic hydroxyl groups excluding tert-OH is 2. The summed E-state index contributed by atoms with van der Waals surface area (Å²) >= 11 is 0. The number of aromatic hydroxyl groups is 1. The average Bonchev–Trinajstić information content (AvgIpc) is 3.16. The van der Waals surface area contributed by atoms with Gasteiger partial charge < -0.3 is 69.1 Å². The zero-order chi connectivity index (χ0) is 48.5. The maximum Gasteiger partial charge on any atom is 0.326 e. The highest BCUT2D eigenvalue weighted by Gasteiger charge is 2.37. The Morgan fingerprint density at radius 2 is 0.968 bits per heavy atom. The summed E-state index contributed by atoms with van der Waals surface area (Å²) in [5.74, 6) is -9.88. The van der Waals surface area contributed by atoms with Gasteiger partial charge in [-0.3, -0.25) is 38.4 Å². The Bertz CT molecular complexity index is 1750. The summed E-state index contributed by atoms with van der Waals surface area (Å²) in [6.45, 7) is 13.8. The molecule has 354 valence electrons. The number of hydrogen-bond donors (Lipinski definition) is 13. The molecule has 15 N–H and O–H groups in total. The van der Waals surface area contributed by atoms with Crippen molar-refractivity contribution in [1.29, 1.82) is 0 Å². The number of primary amides is 1. The van der Waals surface area contributed by atoms with Gasteiger partial charge in [0, 0.05) is 6.42 Å². The summed E-state index contributed by atoms with van der Waals surface area (Å²) in [5.41, 5.74) is 11.9. The number of amides is 8. The molecule has 22 nitrogen and oxygen atoms in total. The van der Waals surface area contributed by atoms with Crippen LogP contribution in [0.1, 0.15) is 87.1 Å². The topological polar surface area (TPSA) is 371 Å². The number of nitrogens with one attached hydrogen (secondary N) is 7. The normalized spacial score (nSPS) is 16.1. The van der Waals surface area contributed by atoms with E-state index in [0.717, 1.165) is 6.92 Å². The molecule has 0 spiro atoms. The van der Waals surface area contributed by atoms with E-state index in [-0.39, 0.29) is 36.8 Å². The molecule has 1 rings (SSSR count). The SMILES string of the molecule is CC(C)C[C@H](NC(=O)[C@@H](NC(=O)[C@H](C)NC(=O)[C@@H](NC(=O)[C@@H](NC(=O)[C@H](CC(N)=O)NC(=O)[C@H](Cc1ccc(O)cc1)NC(=O)[C@@H](N)CC(C)C)[C@@H](C)O)C(C)C)[C@@H](C)O)C(=O)O. The van der Waals surface area contributed by atoms with Crippen molar-refractivity contribution < 1.29 is 63.6 Å². The lowest BCUT2D eigenvalue weighted by molar-refractivity contribution is -0.143. The molecular formula is C41H67N9O13.